The Hall–Kier alpha value is -1.35. The molecule has 3 rings (SSSR count). The van der Waals surface area contributed by atoms with Crippen LogP contribution in [0.4, 0.5) is 0 Å². The number of hydrogen-bond acceptors (Lipinski definition) is 3. The van der Waals surface area contributed by atoms with E-state index in [2.05, 4.69) is 57.1 Å². The van der Waals surface area contributed by atoms with Crippen LogP contribution in [0, 0.1) is 5.41 Å². The van der Waals surface area contributed by atoms with Gasteiger partial charge in [-0.2, -0.15) is 0 Å². The molecule has 2 atom stereocenters. The average Bonchev–Trinajstić information content (AvgIpc) is 2.88. The van der Waals surface area contributed by atoms with Crippen molar-refractivity contribution in [3.05, 3.63) is 35.4 Å². The number of fused-ring (bicyclic) bond motifs is 1. The van der Waals surface area contributed by atoms with Gasteiger partial charge in [-0.1, -0.05) is 50.2 Å². The summed E-state index contributed by atoms with van der Waals surface area (Å²) in [5, 5.41) is 4.38. The summed E-state index contributed by atoms with van der Waals surface area (Å²) < 4.78 is 6.20. The van der Waals surface area contributed by atoms with Gasteiger partial charge in [-0.25, -0.2) is 0 Å². The zero-order valence-electron chi connectivity index (χ0n) is 14.2. The smallest absolute Gasteiger partial charge is 0.158 e. The Morgan fingerprint density at radius 2 is 2.05 bits per heavy atom. The number of nitrogens with zero attached hydrogens (tertiary/aromatic N) is 1. The van der Waals surface area contributed by atoms with Gasteiger partial charge in [0.1, 0.15) is 0 Å². The molecule has 22 heavy (non-hydrogen) atoms. The number of ether oxygens (including phenoxy) is 1. The van der Waals surface area contributed by atoms with E-state index in [0.717, 1.165) is 31.4 Å². The standard InChI is InChI=1S/C19H27NO2/c1-18(2,3)17-11-12-19(4,22-20-17)13-21-16-10-9-14-7-5-6-8-15(14)16/h5-8,16H,9-13H2,1-4H3. The maximum Gasteiger partial charge on any atom is 0.158 e. The van der Waals surface area contributed by atoms with Crippen LogP contribution in [-0.4, -0.2) is 17.9 Å². The van der Waals surface area contributed by atoms with E-state index in [1.54, 1.807) is 0 Å². The molecule has 1 aromatic carbocycles. The number of hydrogen-bond donors (Lipinski definition) is 0. The Kier molecular flexibility index (Phi) is 4.02. The second-order valence-corrected chi connectivity index (χ2v) is 7.87. The zero-order chi connectivity index (χ0) is 15.8. The molecule has 0 saturated carbocycles. The Labute approximate surface area is 133 Å². The molecule has 0 radical (unpaired) electrons. The number of oxime groups is 1. The maximum atomic E-state index is 6.20. The summed E-state index contributed by atoms with van der Waals surface area (Å²) in [6, 6.07) is 8.60. The van der Waals surface area contributed by atoms with Crippen molar-refractivity contribution in [2.75, 3.05) is 6.61 Å². The quantitative estimate of drug-likeness (QED) is 0.813. The van der Waals surface area contributed by atoms with Crippen LogP contribution >= 0.6 is 0 Å². The van der Waals surface area contributed by atoms with Crippen LogP contribution in [0.1, 0.15) is 64.2 Å². The molecule has 0 N–H and O–H groups in total. The highest BCUT2D eigenvalue weighted by atomic mass is 16.7. The van der Waals surface area contributed by atoms with E-state index in [0.29, 0.717) is 6.61 Å². The van der Waals surface area contributed by atoms with Gasteiger partial charge in [0.15, 0.2) is 5.60 Å². The van der Waals surface area contributed by atoms with Crippen molar-refractivity contribution in [3.8, 4) is 0 Å². The third-order valence-electron chi connectivity index (χ3n) is 4.80. The fourth-order valence-corrected chi connectivity index (χ4v) is 3.22. The molecule has 120 valence electrons. The van der Waals surface area contributed by atoms with E-state index in [1.165, 1.54) is 11.1 Å². The van der Waals surface area contributed by atoms with Gasteiger partial charge in [-0.05, 0) is 43.7 Å². The molecule has 1 aromatic rings. The van der Waals surface area contributed by atoms with Gasteiger partial charge in [-0.15, -0.1) is 0 Å². The minimum absolute atomic E-state index is 0.0899. The second-order valence-electron chi connectivity index (χ2n) is 7.87. The van der Waals surface area contributed by atoms with Crippen molar-refractivity contribution in [1.82, 2.24) is 0 Å². The highest BCUT2D eigenvalue weighted by Gasteiger charge is 2.36. The highest BCUT2D eigenvalue weighted by molar-refractivity contribution is 5.89. The summed E-state index contributed by atoms with van der Waals surface area (Å²) in [7, 11) is 0. The monoisotopic (exact) mass is 301 g/mol. The van der Waals surface area contributed by atoms with E-state index < -0.39 is 0 Å². The van der Waals surface area contributed by atoms with Crippen LogP contribution in [0.25, 0.3) is 0 Å². The van der Waals surface area contributed by atoms with E-state index in [4.69, 9.17) is 9.57 Å². The Bertz CT molecular complexity index is 573. The number of rotatable bonds is 3. The first kappa shape index (κ1) is 15.5. The first-order valence-corrected chi connectivity index (χ1v) is 8.32. The van der Waals surface area contributed by atoms with Crippen molar-refractivity contribution >= 4 is 5.71 Å². The van der Waals surface area contributed by atoms with Crippen LogP contribution in [0.5, 0.6) is 0 Å². The van der Waals surface area contributed by atoms with Gasteiger partial charge in [-0.3, -0.25) is 0 Å². The Morgan fingerprint density at radius 1 is 1.27 bits per heavy atom. The molecule has 0 spiro atoms. The van der Waals surface area contributed by atoms with Crippen molar-refractivity contribution in [2.24, 2.45) is 10.6 Å². The predicted octanol–water partition coefficient (Wildman–Crippen LogP) is 4.66. The van der Waals surface area contributed by atoms with Crippen molar-refractivity contribution in [2.45, 2.75) is 65.1 Å². The third-order valence-corrected chi connectivity index (χ3v) is 4.80. The van der Waals surface area contributed by atoms with E-state index >= 15 is 0 Å². The average molecular weight is 301 g/mol. The zero-order valence-corrected chi connectivity index (χ0v) is 14.2. The van der Waals surface area contributed by atoms with Crippen LogP contribution in [0.15, 0.2) is 29.4 Å². The molecule has 0 fully saturated rings. The molecular weight excluding hydrogens is 274 g/mol. The number of benzene rings is 1. The largest absolute Gasteiger partial charge is 0.387 e. The van der Waals surface area contributed by atoms with Gasteiger partial charge in [0.25, 0.3) is 0 Å². The maximum absolute atomic E-state index is 6.20. The molecule has 0 saturated heterocycles. The summed E-state index contributed by atoms with van der Waals surface area (Å²) in [4.78, 5) is 5.82. The molecule has 1 heterocycles. The SMILES string of the molecule is CC1(COC2CCc3ccccc32)CCC(C(C)(C)C)=NO1. The minimum atomic E-state index is -0.299. The molecule has 1 aliphatic carbocycles. The van der Waals surface area contributed by atoms with E-state index in [1.807, 2.05) is 0 Å². The van der Waals surface area contributed by atoms with Crippen LogP contribution in [0.3, 0.4) is 0 Å². The first-order chi connectivity index (χ1) is 10.4. The lowest BCUT2D eigenvalue weighted by molar-refractivity contribution is -0.114. The first-order valence-electron chi connectivity index (χ1n) is 8.32. The topological polar surface area (TPSA) is 30.8 Å². The third kappa shape index (κ3) is 3.19. The van der Waals surface area contributed by atoms with Crippen molar-refractivity contribution in [3.63, 3.8) is 0 Å². The van der Waals surface area contributed by atoms with Gasteiger partial charge in [0, 0.05) is 5.41 Å². The summed E-state index contributed by atoms with van der Waals surface area (Å²) >= 11 is 0. The molecule has 3 nitrogen and oxygen atoms in total. The molecule has 2 unspecified atom stereocenters. The van der Waals surface area contributed by atoms with Crippen LogP contribution in [0.2, 0.25) is 0 Å². The molecule has 0 amide bonds. The molecule has 1 aliphatic heterocycles. The Balaban J connectivity index is 1.60. The van der Waals surface area contributed by atoms with E-state index in [9.17, 15) is 0 Å². The molecule has 0 bridgehead atoms. The highest BCUT2D eigenvalue weighted by Crippen LogP contribution is 2.36. The van der Waals surface area contributed by atoms with Gasteiger partial charge < -0.3 is 9.57 Å². The number of aryl methyl sites for hydroxylation is 1. The summed E-state index contributed by atoms with van der Waals surface area (Å²) in [5.74, 6) is 0. The van der Waals surface area contributed by atoms with Gasteiger partial charge >= 0.3 is 0 Å². The normalized spacial score (nSPS) is 28.0. The lowest BCUT2D eigenvalue weighted by Gasteiger charge is -2.35. The van der Waals surface area contributed by atoms with Gasteiger partial charge in [0.05, 0.1) is 18.4 Å². The summed E-state index contributed by atoms with van der Waals surface area (Å²) in [6.45, 7) is 9.27. The summed E-state index contributed by atoms with van der Waals surface area (Å²) in [6.07, 6.45) is 4.36. The summed E-state index contributed by atoms with van der Waals surface area (Å²) in [5.41, 5.74) is 3.71. The fraction of sp³-hybridized carbons (Fsp3) is 0.632. The second kappa shape index (κ2) is 5.69. The minimum Gasteiger partial charge on any atom is -0.387 e. The predicted molar refractivity (Wildman–Crippen MR) is 89.1 cm³/mol. The van der Waals surface area contributed by atoms with E-state index in [-0.39, 0.29) is 17.1 Å². The van der Waals surface area contributed by atoms with Crippen LogP contribution in [-0.2, 0) is 16.0 Å². The van der Waals surface area contributed by atoms with Crippen molar-refractivity contribution < 1.29 is 9.57 Å². The molecule has 3 heteroatoms. The van der Waals surface area contributed by atoms with Crippen molar-refractivity contribution in [1.29, 1.82) is 0 Å². The molecule has 0 aromatic heterocycles. The fourth-order valence-electron chi connectivity index (χ4n) is 3.22. The lowest BCUT2D eigenvalue weighted by Crippen LogP contribution is -2.39. The molecular formula is C19H27NO2. The molecule has 2 aliphatic rings. The lowest BCUT2D eigenvalue weighted by atomic mass is 9.84. The van der Waals surface area contributed by atoms with Crippen LogP contribution < -0.4 is 0 Å². The Morgan fingerprint density at radius 3 is 2.73 bits per heavy atom. The van der Waals surface area contributed by atoms with Gasteiger partial charge in [0.2, 0.25) is 0 Å².